The van der Waals surface area contributed by atoms with Gasteiger partial charge in [0.1, 0.15) is 17.1 Å². The molecular formula is C11H15NO2. The van der Waals surface area contributed by atoms with E-state index >= 15 is 0 Å². The van der Waals surface area contributed by atoms with E-state index in [2.05, 4.69) is 0 Å². The second-order valence-electron chi connectivity index (χ2n) is 4.39. The lowest BCUT2D eigenvalue weighted by Gasteiger charge is -2.36. The van der Waals surface area contributed by atoms with Crippen molar-refractivity contribution in [1.29, 1.82) is 0 Å². The van der Waals surface area contributed by atoms with Gasteiger partial charge in [-0.3, -0.25) is 0 Å². The number of benzene rings is 1. The molecule has 3 heteroatoms. The molecule has 1 aromatic carbocycles. The summed E-state index contributed by atoms with van der Waals surface area (Å²) in [6.45, 7) is 4.00. The quantitative estimate of drug-likeness (QED) is 0.662. The van der Waals surface area contributed by atoms with Gasteiger partial charge in [0.2, 0.25) is 0 Å². The number of aromatic hydroxyl groups is 1. The Labute approximate surface area is 83.5 Å². The van der Waals surface area contributed by atoms with E-state index in [0.29, 0.717) is 5.75 Å². The monoisotopic (exact) mass is 193 g/mol. The molecule has 0 saturated heterocycles. The number of hydrogen-bond donors (Lipinski definition) is 2. The van der Waals surface area contributed by atoms with E-state index in [1.54, 1.807) is 12.1 Å². The Kier molecular flexibility index (Phi) is 1.93. The summed E-state index contributed by atoms with van der Waals surface area (Å²) < 4.78 is 5.73. The van der Waals surface area contributed by atoms with Crippen molar-refractivity contribution in [1.82, 2.24) is 0 Å². The first-order chi connectivity index (χ1) is 6.48. The van der Waals surface area contributed by atoms with Crippen molar-refractivity contribution in [2.75, 3.05) is 0 Å². The molecule has 0 radical (unpaired) electrons. The molecule has 14 heavy (non-hydrogen) atoms. The fourth-order valence-corrected chi connectivity index (χ4v) is 1.90. The summed E-state index contributed by atoms with van der Waals surface area (Å²) in [5.74, 6) is 0.919. The van der Waals surface area contributed by atoms with Crippen LogP contribution in [0.1, 0.15) is 31.9 Å². The van der Waals surface area contributed by atoms with Crippen LogP contribution in [0.4, 0.5) is 0 Å². The highest BCUT2D eigenvalue weighted by Gasteiger charge is 2.31. The van der Waals surface area contributed by atoms with E-state index in [0.717, 1.165) is 12.0 Å². The lowest BCUT2D eigenvalue weighted by Crippen LogP contribution is -2.37. The van der Waals surface area contributed by atoms with E-state index in [-0.39, 0.29) is 17.4 Å². The maximum absolute atomic E-state index is 9.32. The SMILES string of the molecule is CC1(C)CC(N)c2ccc(O)cc2O1. The molecule has 0 amide bonds. The van der Waals surface area contributed by atoms with Crippen LogP contribution in [0.15, 0.2) is 18.2 Å². The second-order valence-corrected chi connectivity index (χ2v) is 4.39. The Bertz CT molecular complexity index is 360. The number of phenols is 1. The third-order valence-electron chi connectivity index (χ3n) is 2.49. The predicted octanol–water partition coefficient (Wildman–Crippen LogP) is 1.95. The molecule has 1 heterocycles. The first kappa shape index (κ1) is 9.34. The topological polar surface area (TPSA) is 55.5 Å². The van der Waals surface area contributed by atoms with Gasteiger partial charge in [0.05, 0.1) is 0 Å². The summed E-state index contributed by atoms with van der Waals surface area (Å²) in [7, 11) is 0. The summed E-state index contributed by atoms with van der Waals surface area (Å²) in [5, 5.41) is 9.32. The minimum absolute atomic E-state index is 0.00523. The van der Waals surface area contributed by atoms with Gasteiger partial charge in [0.15, 0.2) is 0 Å². The van der Waals surface area contributed by atoms with Crippen LogP contribution >= 0.6 is 0 Å². The molecular weight excluding hydrogens is 178 g/mol. The van der Waals surface area contributed by atoms with Crippen LogP contribution in [0.3, 0.4) is 0 Å². The third kappa shape index (κ3) is 1.55. The zero-order chi connectivity index (χ0) is 10.3. The Balaban J connectivity index is 2.46. The normalized spacial score (nSPS) is 23.8. The fraction of sp³-hybridized carbons (Fsp3) is 0.455. The molecule has 2 rings (SSSR count). The zero-order valence-electron chi connectivity index (χ0n) is 8.45. The Morgan fingerprint density at radius 1 is 1.50 bits per heavy atom. The highest BCUT2D eigenvalue weighted by Crippen LogP contribution is 2.39. The molecule has 0 bridgehead atoms. The number of ether oxygens (including phenoxy) is 1. The number of rotatable bonds is 0. The molecule has 0 saturated carbocycles. The molecule has 0 aromatic heterocycles. The van der Waals surface area contributed by atoms with Gasteiger partial charge in [-0.05, 0) is 19.9 Å². The number of fused-ring (bicyclic) bond motifs is 1. The standard InChI is InChI=1S/C11H15NO2/c1-11(2)6-9(12)8-4-3-7(13)5-10(8)14-11/h3-5,9,13H,6,12H2,1-2H3. The van der Waals surface area contributed by atoms with Crippen LogP contribution in [0, 0.1) is 0 Å². The van der Waals surface area contributed by atoms with Crippen LogP contribution in [-0.2, 0) is 0 Å². The molecule has 3 nitrogen and oxygen atoms in total. The molecule has 1 unspecified atom stereocenters. The number of hydrogen-bond acceptors (Lipinski definition) is 3. The van der Waals surface area contributed by atoms with E-state index in [1.807, 2.05) is 19.9 Å². The molecule has 0 fully saturated rings. The predicted molar refractivity (Wildman–Crippen MR) is 54.4 cm³/mol. The maximum Gasteiger partial charge on any atom is 0.128 e. The molecule has 1 aliphatic rings. The first-order valence-corrected chi connectivity index (χ1v) is 4.75. The summed E-state index contributed by atoms with van der Waals surface area (Å²) in [6.07, 6.45) is 0.796. The highest BCUT2D eigenvalue weighted by molar-refractivity contribution is 5.43. The zero-order valence-corrected chi connectivity index (χ0v) is 8.45. The van der Waals surface area contributed by atoms with Gasteiger partial charge < -0.3 is 15.6 Å². The van der Waals surface area contributed by atoms with Crippen LogP contribution in [-0.4, -0.2) is 10.7 Å². The van der Waals surface area contributed by atoms with Gasteiger partial charge in [-0.25, -0.2) is 0 Å². The highest BCUT2D eigenvalue weighted by atomic mass is 16.5. The lowest BCUT2D eigenvalue weighted by atomic mass is 9.90. The third-order valence-corrected chi connectivity index (χ3v) is 2.49. The van der Waals surface area contributed by atoms with Crippen molar-refractivity contribution in [3.05, 3.63) is 23.8 Å². The van der Waals surface area contributed by atoms with Gasteiger partial charge in [-0.15, -0.1) is 0 Å². The molecule has 1 aliphatic heterocycles. The molecule has 0 spiro atoms. The summed E-state index contributed by atoms with van der Waals surface area (Å²) in [5.41, 5.74) is 6.73. The van der Waals surface area contributed by atoms with E-state index in [9.17, 15) is 5.11 Å². The van der Waals surface area contributed by atoms with Crippen molar-refractivity contribution in [3.8, 4) is 11.5 Å². The molecule has 1 atom stereocenters. The second kappa shape index (κ2) is 2.89. The summed E-state index contributed by atoms with van der Waals surface area (Å²) in [6, 6.07) is 5.08. The average molecular weight is 193 g/mol. The van der Waals surface area contributed by atoms with Crippen molar-refractivity contribution < 1.29 is 9.84 Å². The van der Waals surface area contributed by atoms with E-state index < -0.39 is 0 Å². The maximum atomic E-state index is 9.32. The molecule has 1 aromatic rings. The van der Waals surface area contributed by atoms with Crippen LogP contribution in [0.25, 0.3) is 0 Å². The first-order valence-electron chi connectivity index (χ1n) is 4.75. The molecule has 0 aliphatic carbocycles. The van der Waals surface area contributed by atoms with Crippen molar-refractivity contribution in [3.63, 3.8) is 0 Å². The van der Waals surface area contributed by atoms with Crippen LogP contribution < -0.4 is 10.5 Å². The van der Waals surface area contributed by atoms with E-state index in [1.165, 1.54) is 0 Å². The minimum Gasteiger partial charge on any atom is -0.508 e. The van der Waals surface area contributed by atoms with Crippen LogP contribution in [0.5, 0.6) is 11.5 Å². The van der Waals surface area contributed by atoms with Gasteiger partial charge in [0.25, 0.3) is 0 Å². The average Bonchev–Trinajstić information content (AvgIpc) is 2.00. The molecule has 76 valence electrons. The number of phenolic OH excluding ortho intramolecular Hbond substituents is 1. The van der Waals surface area contributed by atoms with Gasteiger partial charge in [-0.1, -0.05) is 6.07 Å². The Morgan fingerprint density at radius 3 is 2.93 bits per heavy atom. The van der Waals surface area contributed by atoms with Crippen molar-refractivity contribution >= 4 is 0 Å². The minimum atomic E-state index is -0.250. The molecule has 3 N–H and O–H groups in total. The summed E-state index contributed by atoms with van der Waals surface area (Å²) in [4.78, 5) is 0. The van der Waals surface area contributed by atoms with Gasteiger partial charge in [-0.2, -0.15) is 0 Å². The fourth-order valence-electron chi connectivity index (χ4n) is 1.90. The van der Waals surface area contributed by atoms with Gasteiger partial charge in [0, 0.05) is 24.1 Å². The van der Waals surface area contributed by atoms with Crippen molar-refractivity contribution in [2.24, 2.45) is 5.73 Å². The largest absolute Gasteiger partial charge is 0.508 e. The van der Waals surface area contributed by atoms with E-state index in [4.69, 9.17) is 10.5 Å². The lowest BCUT2D eigenvalue weighted by molar-refractivity contribution is 0.0726. The van der Waals surface area contributed by atoms with Crippen LogP contribution in [0.2, 0.25) is 0 Å². The summed E-state index contributed by atoms with van der Waals surface area (Å²) >= 11 is 0. The number of nitrogens with two attached hydrogens (primary N) is 1. The smallest absolute Gasteiger partial charge is 0.128 e. The van der Waals surface area contributed by atoms with Gasteiger partial charge >= 0.3 is 0 Å². The van der Waals surface area contributed by atoms with Crippen molar-refractivity contribution in [2.45, 2.75) is 31.9 Å². The Hall–Kier alpha value is -1.22. The Morgan fingerprint density at radius 2 is 2.21 bits per heavy atom.